The molecule has 1 aromatic heterocycles. The van der Waals surface area contributed by atoms with Crippen LogP contribution in [0.1, 0.15) is 6.92 Å². The van der Waals surface area contributed by atoms with E-state index >= 15 is 0 Å². The van der Waals surface area contributed by atoms with Gasteiger partial charge in [-0.2, -0.15) is 0 Å². The number of nitrogens with two attached hydrogens (primary N) is 1. The van der Waals surface area contributed by atoms with Gasteiger partial charge < -0.3 is 16.2 Å². The maximum absolute atomic E-state index is 8.96. The fourth-order valence-electron chi connectivity index (χ4n) is 0.732. The van der Waals surface area contributed by atoms with Gasteiger partial charge in [-0.3, -0.25) is 0 Å². The first kappa shape index (κ1) is 8.73. The summed E-state index contributed by atoms with van der Waals surface area (Å²) in [4.78, 5) is 7.63. The van der Waals surface area contributed by atoms with Crippen LogP contribution in [0.25, 0.3) is 0 Å². The molecule has 0 aliphatic heterocycles. The molecule has 0 saturated carbocycles. The summed E-state index contributed by atoms with van der Waals surface area (Å²) in [6.45, 7) is 2.12. The third kappa shape index (κ3) is 2.35. The van der Waals surface area contributed by atoms with Crippen molar-refractivity contribution in [1.29, 1.82) is 0 Å². The molecule has 0 fully saturated rings. The van der Waals surface area contributed by atoms with E-state index in [4.69, 9.17) is 10.8 Å². The second-order valence-electron chi connectivity index (χ2n) is 2.56. The molecule has 1 aromatic rings. The van der Waals surface area contributed by atoms with E-state index in [0.717, 1.165) is 0 Å². The first-order valence-electron chi connectivity index (χ1n) is 3.67. The number of hydrogen-bond acceptors (Lipinski definition) is 5. The van der Waals surface area contributed by atoms with Gasteiger partial charge in [-0.25, -0.2) is 9.97 Å². The van der Waals surface area contributed by atoms with Crippen molar-refractivity contribution in [1.82, 2.24) is 9.97 Å². The van der Waals surface area contributed by atoms with Gasteiger partial charge >= 0.3 is 0 Å². The van der Waals surface area contributed by atoms with Gasteiger partial charge in [0.15, 0.2) is 5.82 Å². The maximum Gasteiger partial charge on any atom is 0.152 e. The van der Waals surface area contributed by atoms with Crippen LogP contribution < -0.4 is 11.1 Å². The SMILES string of the molecule is CC(O)CNc1ncncc1N. The second-order valence-corrected chi connectivity index (χ2v) is 2.56. The number of rotatable bonds is 3. The molecule has 0 aromatic carbocycles. The van der Waals surface area contributed by atoms with E-state index in [1.807, 2.05) is 0 Å². The minimum absolute atomic E-state index is 0.417. The molecule has 5 nitrogen and oxygen atoms in total. The lowest BCUT2D eigenvalue weighted by atomic mass is 10.4. The van der Waals surface area contributed by atoms with E-state index in [1.165, 1.54) is 12.5 Å². The summed E-state index contributed by atoms with van der Waals surface area (Å²) in [5, 5.41) is 11.8. The molecule has 0 amide bonds. The Kier molecular flexibility index (Phi) is 2.82. The third-order valence-corrected chi connectivity index (χ3v) is 1.31. The zero-order valence-corrected chi connectivity index (χ0v) is 6.86. The average molecular weight is 168 g/mol. The van der Waals surface area contributed by atoms with Crippen LogP contribution in [-0.2, 0) is 0 Å². The lowest BCUT2D eigenvalue weighted by Crippen LogP contribution is -2.16. The van der Waals surface area contributed by atoms with Gasteiger partial charge in [-0.1, -0.05) is 0 Å². The van der Waals surface area contributed by atoms with Crippen molar-refractivity contribution >= 4 is 11.5 Å². The zero-order chi connectivity index (χ0) is 8.97. The molecule has 1 unspecified atom stereocenters. The van der Waals surface area contributed by atoms with Crippen LogP contribution in [0.15, 0.2) is 12.5 Å². The average Bonchev–Trinajstić information content (AvgIpc) is 2.03. The minimum Gasteiger partial charge on any atom is -0.394 e. The molecule has 1 rings (SSSR count). The molecule has 12 heavy (non-hydrogen) atoms. The van der Waals surface area contributed by atoms with Gasteiger partial charge in [0.1, 0.15) is 6.33 Å². The van der Waals surface area contributed by atoms with Crippen molar-refractivity contribution in [3.05, 3.63) is 12.5 Å². The summed E-state index contributed by atoms with van der Waals surface area (Å²) in [5.74, 6) is 0.561. The molecule has 0 bridgehead atoms. The fraction of sp³-hybridized carbons (Fsp3) is 0.429. The number of aliphatic hydroxyl groups is 1. The largest absolute Gasteiger partial charge is 0.394 e. The van der Waals surface area contributed by atoms with Crippen LogP contribution in [0.5, 0.6) is 0 Å². The molecule has 1 heterocycles. The van der Waals surface area contributed by atoms with E-state index in [1.54, 1.807) is 6.92 Å². The summed E-state index contributed by atoms with van der Waals surface area (Å²) < 4.78 is 0. The topological polar surface area (TPSA) is 84.1 Å². The fourth-order valence-corrected chi connectivity index (χ4v) is 0.732. The molecular formula is C7H12N4O. The van der Waals surface area contributed by atoms with Crippen LogP contribution in [0.2, 0.25) is 0 Å². The predicted octanol–water partition coefficient (Wildman–Crippen LogP) is -0.149. The summed E-state index contributed by atoms with van der Waals surface area (Å²) in [5.41, 5.74) is 6.02. The van der Waals surface area contributed by atoms with E-state index in [2.05, 4.69) is 15.3 Å². The van der Waals surface area contributed by atoms with Gasteiger partial charge in [-0.05, 0) is 6.92 Å². The van der Waals surface area contributed by atoms with Crippen molar-refractivity contribution in [2.75, 3.05) is 17.6 Å². The number of nitrogens with zero attached hydrogens (tertiary/aromatic N) is 2. The van der Waals surface area contributed by atoms with Crippen molar-refractivity contribution < 1.29 is 5.11 Å². The molecule has 0 radical (unpaired) electrons. The van der Waals surface area contributed by atoms with Gasteiger partial charge in [-0.15, -0.1) is 0 Å². The molecule has 66 valence electrons. The van der Waals surface area contributed by atoms with Crippen LogP contribution in [-0.4, -0.2) is 27.7 Å². The summed E-state index contributed by atoms with van der Waals surface area (Å²) in [6, 6.07) is 0. The third-order valence-electron chi connectivity index (χ3n) is 1.31. The number of nitrogen functional groups attached to an aromatic ring is 1. The van der Waals surface area contributed by atoms with Crippen LogP contribution in [0.3, 0.4) is 0 Å². The van der Waals surface area contributed by atoms with Crippen LogP contribution in [0, 0.1) is 0 Å². The predicted molar refractivity (Wildman–Crippen MR) is 46.6 cm³/mol. The molecule has 0 aliphatic rings. The van der Waals surface area contributed by atoms with Crippen molar-refractivity contribution in [3.63, 3.8) is 0 Å². The van der Waals surface area contributed by atoms with Crippen molar-refractivity contribution in [2.24, 2.45) is 0 Å². The lowest BCUT2D eigenvalue weighted by Gasteiger charge is -2.08. The highest BCUT2D eigenvalue weighted by molar-refractivity contribution is 5.58. The summed E-state index contributed by atoms with van der Waals surface area (Å²) in [6.07, 6.45) is 2.50. The zero-order valence-electron chi connectivity index (χ0n) is 6.86. The maximum atomic E-state index is 8.96. The Hall–Kier alpha value is -1.36. The molecule has 0 spiro atoms. The molecule has 0 saturated heterocycles. The molecular weight excluding hydrogens is 156 g/mol. The summed E-state index contributed by atoms with van der Waals surface area (Å²) >= 11 is 0. The van der Waals surface area contributed by atoms with Crippen LogP contribution >= 0.6 is 0 Å². The first-order valence-corrected chi connectivity index (χ1v) is 3.67. The second kappa shape index (κ2) is 3.87. The van der Waals surface area contributed by atoms with Crippen molar-refractivity contribution in [3.8, 4) is 0 Å². The van der Waals surface area contributed by atoms with E-state index in [-0.39, 0.29) is 0 Å². The normalized spacial score (nSPS) is 12.5. The van der Waals surface area contributed by atoms with Crippen molar-refractivity contribution in [2.45, 2.75) is 13.0 Å². The Morgan fingerprint density at radius 1 is 1.75 bits per heavy atom. The minimum atomic E-state index is -0.417. The number of aromatic nitrogens is 2. The Balaban J connectivity index is 2.57. The van der Waals surface area contributed by atoms with Crippen LogP contribution in [0.4, 0.5) is 11.5 Å². The molecule has 0 aliphatic carbocycles. The van der Waals surface area contributed by atoms with E-state index in [9.17, 15) is 0 Å². The first-order chi connectivity index (χ1) is 5.70. The van der Waals surface area contributed by atoms with Gasteiger partial charge in [0, 0.05) is 6.54 Å². The number of aliphatic hydroxyl groups excluding tert-OH is 1. The number of nitrogens with one attached hydrogen (secondary N) is 1. The standard InChI is InChI=1S/C7H12N4O/c1-5(12)2-10-7-6(8)3-9-4-11-7/h3-5,12H,2,8H2,1H3,(H,9,10,11). The van der Waals surface area contributed by atoms with E-state index < -0.39 is 6.10 Å². The van der Waals surface area contributed by atoms with E-state index in [0.29, 0.717) is 18.1 Å². The van der Waals surface area contributed by atoms with Gasteiger partial charge in [0.2, 0.25) is 0 Å². The van der Waals surface area contributed by atoms with Gasteiger partial charge in [0.05, 0.1) is 18.0 Å². The highest BCUT2D eigenvalue weighted by Gasteiger charge is 2.00. The number of hydrogen-bond donors (Lipinski definition) is 3. The Labute approximate surface area is 70.6 Å². The highest BCUT2D eigenvalue weighted by Crippen LogP contribution is 2.10. The molecule has 4 N–H and O–H groups in total. The monoisotopic (exact) mass is 168 g/mol. The smallest absolute Gasteiger partial charge is 0.152 e. The molecule has 5 heteroatoms. The highest BCUT2D eigenvalue weighted by atomic mass is 16.3. The quantitative estimate of drug-likeness (QED) is 0.584. The molecule has 1 atom stereocenters. The summed E-state index contributed by atoms with van der Waals surface area (Å²) in [7, 11) is 0. The van der Waals surface area contributed by atoms with Gasteiger partial charge in [0.25, 0.3) is 0 Å². The Morgan fingerprint density at radius 2 is 2.50 bits per heavy atom. The lowest BCUT2D eigenvalue weighted by molar-refractivity contribution is 0.208. The Morgan fingerprint density at radius 3 is 3.08 bits per heavy atom. The Bertz CT molecular complexity index is 251. The number of anilines is 2.